The van der Waals surface area contributed by atoms with Crippen LogP contribution in [0.4, 0.5) is 5.69 Å². The third-order valence-corrected chi connectivity index (χ3v) is 2.63. The molecule has 4 heteroatoms. The first-order valence-electron chi connectivity index (χ1n) is 6.05. The fourth-order valence-electron chi connectivity index (χ4n) is 1.55. The van der Waals surface area contributed by atoms with Crippen molar-refractivity contribution >= 4 is 17.3 Å². The Morgan fingerprint density at radius 2 is 2.12 bits per heavy atom. The van der Waals surface area contributed by atoms with Crippen LogP contribution < -0.4 is 10.1 Å². The van der Waals surface area contributed by atoms with Gasteiger partial charge in [0, 0.05) is 24.2 Å². The Bertz CT molecular complexity index is 331. The van der Waals surface area contributed by atoms with Crippen LogP contribution >= 0.6 is 11.6 Å². The van der Waals surface area contributed by atoms with E-state index in [2.05, 4.69) is 5.32 Å². The molecule has 1 aromatic carbocycles. The lowest BCUT2D eigenvalue weighted by molar-refractivity contribution is 0.283. The SMILES string of the molecule is CCOc1cc(Cl)ccc1NCCCCCO. The average molecular weight is 258 g/mol. The summed E-state index contributed by atoms with van der Waals surface area (Å²) < 4.78 is 5.51. The van der Waals surface area contributed by atoms with Crippen LogP contribution in [0.5, 0.6) is 5.75 Å². The topological polar surface area (TPSA) is 41.5 Å². The van der Waals surface area contributed by atoms with Gasteiger partial charge in [-0.25, -0.2) is 0 Å². The van der Waals surface area contributed by atoms with Crippen LogP contribution in [0.25, 0.3) is 0 Å². The fraction of sp³-hybridized carbons (Fsp3) is 0.538. The molecule has 0 radical (unpaired) electrons. The number of benzene rings is 1. The second-order valence-electron chi connectivity index (χ2n) is 3.78. The maximum atomic E-state index is 8.67. The number of anilines is 1. The van der Waals surface area contributed by atoms with Crippen molar-refractivity contribution in [2.75, 3.05) is 25.1 Å². The lowest BCUT2D eigenvalue weighted by Crippen LogP contribution is -2.04. The van der Waals surface area contributed by atoms with Crippen LogP contribution in [0.1, 0.15) is 26.2 Å². The molecule has 0 spiro atoms. The van der Waals surface area contributed by atoms with Crippen molar-refractivity contribution in [3.05, 3.63) is 23.2 Å². The molecule has 96 valence electrons. The van der Waals surface area contributed by atoms with Gasteiger partial charge in [0.15, 0.2) is 0 Å². The first kappa shape index (κ1) is 14.1. The molecular formula is C13H20ClNO2. The summed E-state index contributed by atoms with van der Waals surface area (Å²) >= 11 is 5.92. The van der Waals surface area contributed by atoms with E-state index in [9.17, 15) is 0 Å². The van der Waals surface area contributed by atoms with Gasteiger partial charge >= 0.3 is 0 Å². The molecule has 0 aliphatic carbocycles. The zero-order valence-corrected chi connectivity index (χ0v) is 11.0. The molecule has 0 bridgehead atoms. The lowest BCUT2D eigenvalue weighted by Gasteiger charge is -2.12. The molecule has 0 heterocycles. The fourth-order valence-corrected chi connectivity index (χ4v) is 1.72. The molecule has 0 atom stereocenters. The van der Waals surface area contributed by atoms with Gasteiger partial charge in [0.25, 0.3) is 0 Å². The number of nitrogens with one attached hydrogen (secondary N) is 1. The number of unbranched alkanes of at least 4 members (excludes halogenated alkanes) is 2. The third-order valence-electron chi connectivity index (χ3n) is 2.39. The highest BCUT2D eigenvalue weighted by Gasteiger charge is 2.03. The third kappa shape index (κ3) is 5.29. The van der Waals surface area contributed by atoms with Gasteiger partial charge in [-0.15, -0.1) is 0 Å². The zero-order valence-electron chi connectivity index (χ0n) is 10.2. The van der Waals surface area contributed by atoms with Crippen molar-refractivity contribution < 1.29 is 9.84 Å². The summed E-state index contributed by atoms with van der Waals surface area (Å²) in [4.78, 5) is 0. The predicted octanol–water partition coefficient (Wildman–Crippen LogP) is 3.31. The maximum Gasteiger partial charge on any atom is 0.143 e. The van der Waals surface area contributed by atoms with Crippen molar-refractivity contribution in [1.29, 1.82) is 0 Å². The highest BCUT2D eigenvalue weighted by atomic mass is 35.5. The molecule has 0 aromatic heterocycles. The molecule has 0 aliphatic heterocycles. The second-order valence-corrected chi connectivity index (χ2v) is 4.22. The number of aliphatic hydroxyl groups excluding tert-OH is 1. The van der Waals surface area contributed by atoms with Crippen LogP contribution in [-0.4, -0.2) is 24.9 Å². The normalized spacial score (nSPS) is 10.3. The first-order valence-corrected chi connectivity index (χ1v) is 6.42. The van der Waals surface area contributed by atoms with E-state index in [4.69, 9.17) is 21.4 Å². The quantitative estimate of drug-likeness (QED) is 0.702. The summed E-state index contributed by atoms with van der Waals surface area (Å²) in [7, 11) is 0. The van der Waals surface area contributed by atoms with E-state index in [0.29, 0.717) is 11.6 Å². The number of halogens is 1. The number of aliphatic hydroxyl groups is 1. The average Bonchev–Trinajstić information content (AvgIpc) is 2.32. The Morgan fingerprint density at radius 3 is 2.82 bits per heavy atom. The van der Waals surface area contributed by atoms with Crippen LogP contribution in [0.2, 0.25) is 5.02 Å². The van der Waals surface area contributed by atoms with Gasteiger partial charge < -0.3 is 15.2 Å². The lowest BCUT2D eigenvalue weighted by atomic mass is 10.2. The molecule has 0 unspecified atom stereocenters. The van der Waals surface area contributed by atoms with E-state index in [1.807, 2.05) is 25.1 Å². The highest BCUT2D eigenvalue weighted by Crippen LogP contribution is 2.28. The van der Waals surface area contributed by atoms with Crippen molar-refractivity contribution in [1.82, 2.24) is 0 Å². The van der Waals surface area contributed by atoms with Gasteiger partial charge in [-0.05, 0) is 38.3 Å². The Labute approximate surface area is 108 Å². The molecule has 3 nitrogen and oxygen atoms in total. The number of ether oxygens (including phenoxy) is 1. The van der Waals surface area contributed by atoms with E-state index >= 15 is 0 Å². The predicted molar refractivity (Wildman–Crippen MR) is 72.0 cm³/mol. The van der Waals surface area contributed by atoms with E-state index in [1.165, 1.54) is 0 Å². The van der Waals surface area contributed by atoms with E-state index in [1.54, 1.807) is 0 Å². The van der Waals surface area contributed by atoms with Gasteiger partial charge in [-0.1, -0.05) is 11.6 Å². The molecule has 0 aliphatic rings. The van der Waals surface area contributed by atoms with Crippen molar-refractivity contribution in [3.8, 4) is 5.75 Å². The summed E-state index contributed by atoms with van der Waals surface area (Å²) in [5, 5.41) is 12.7. The summed E-state index contributed by atoms with van der Waals surface area (Å²) in [6, 6.07) is 5.60. The highest BCUT2D eigenvalue weighted by molar-refractivity contribution is 6.30. The monoisotopic (exact) mass is 257 g/mol. The first-order chi connectivity index (χ1) is 8.27. The van der Waals surface area contributed by atoms with E-state index < -0.39 is 0 Å². The van der Waals surface area contributed by atoms with Crippen LogP contribution in [-0.2, 0) is 0 Å². The molecule has 0 saturated heterocycles. The zero-order chi connectivity index (χ0) is 12.5. The van der Waals surface area contributed by atoms with Crippen LogP contribution in [0, 0.1) is 0 Å². The molecule has 0 saturated carbocycles. The summed E-state index contributed by atoms with van der Waals surface area (Å²) in [5.41, 5.74) is 0.972. The van der Waals surface area contributed by atoms with Crippen LogP contribution in [0.3, 0.4) is 0 Å². The molecule has 2 N–H and O–H groups in total. The van der Waals surface area contributed by atoms with E-state index in [-0.39, 0.29) is 6.61 Å². The van der Waals surface area contributed by atoms with Gasteiger partial charge in [-0.2, -0.15) is 0 Å². The van der Waals surface area contributed by atoms with E-state index in [0.717, 1.165) is 37.2 Å². The minimum absolute atomic E-state index is 0.269. The summed E-state index contributed by atoms with van der Waals surface area (Å²) in [6.07, 6.45) is 2.93. The minimum atomic E-state index is 0.269. The summed E-state index contributed by atoms with van der Waals surface area (Å²) in [5.74, 6) is 0.794. The van der Waals surface area contributed by atoms with Gasteiger partial charge in [-0.3, -0.25) is 0 Å². The molecule has 1 rings (SSSR count). The van der Waals surface area contributed by atoms with Gasteiger partial charge in [0.05, 0.1) is 12.3 Å². The van der Waals surface area contributed by atoms with Gasteiger partial charge in [0.1, 0.15) is 5.75 Å². The smallest absolute Gasteiger partial charge is 0.143 e. The molecule has 0 amide bonds. The van der Waals surface area contributed by atoms with Crippen molar-refractivity contribution in [3.63, 3.8) is 0 Å². The second kappa shape index (κ2) is 8.20. The molecule has 1 aromatic rings. The maximum absolute atomic E-state index is 8.67. The Balaban J connectivity index is 2.45. The Hall–Kier alpha value is -0.930. The summed E-state index contributed by atoms with van der Waals surface area (Å²) in [6.45, 7) is 3.72. The van der Waals surface area contributed by atoms with Crippen molar-refractivity contribution in [2.45, 2.75) is 26.2 Å². The number of hydrogen-bond acceptors (Lipinski definition) is 3. The number of hydrogen-bond donors (Lipinski definition) is 2. The van der Waals surface area contributed by atoms with Crippen LogP contribution in [0.15, 0.2) is 18.2 Å². The van der Waals surface area contributed by atoms with Gasteiger partial charge in [0.2, 0.25) is 0 Å². The standard InChI is InChI=1S/C13H20ClNO2/c1-2-17-13-10-11(14)6-7-12(13)15-8-4-3-5-9-16/h6-7,10,15-16H,2-5,8-9H2,1H3. The Kier molecular flexibility index (Phi) is 6.82. The number of rotatable bonds is 8. The van der Waals surface area contributed by atoms with Crippen molar-refractivity contribution in [2.24, 2.45) is 0 Å². The molecule has 17 heavy (non-hydrogen) atoms. The largest absolute Gasteiger partial charge is 0.492 e. The molecular weight excluding hydrogens is 238 g/mol. The Morgan fingerprint density at radius 1 is 1.29 bits per heavy atom. The minimum Gasteiger partial charge on any atom is -0.492 e. The molecule has 0 fully saturated rings.